The molecule has 0 aliphatic rings. The third-order valence-electron chi connectivity index (χ3n) is 3.63. The van der Waals surface area contributed by atoms with Gasteiger partial charge in [-0.1, -0.05) is 78.1 Å². The van der Waals surface area contributed by atoms with Crippen LogP contribution in [-0.2, 0) is 19.1 Å². The Morgan fingerprint density at radius 3 is 1.17 bits per heavy atom. The zero-order valence-corrected chi connectivity index (χ0v) is 17.0. The average molecular weight is 387 g/mol. The molecule has 0 aliphatic heterocycles. The Bertz CT molecular complexity index is 258. The first kappa shape index (κ1) is 28.3. The molecule has 0 amide bonds. The molecule has 0 rings (SSSR count). The monoisotopic (exact) mass is 386 g/mol. The number of rotatable bonds is 14. The SMILES string of the molecule is CCCCCCCCOC(=O)C(=O)OCCCCCCCC.Cl.Cl. The number of halogens is 2. The van der Waals surface area contributed by atoms with E-state index < -0.39 is 11.9 Å². The zero-order chi connectivity index (χ0) is 16.5. The largest absolute Gasteiger partial charge is 0.457 e. The molecule has 0 aromatic rings. The summed E-state index contributed by atoms with van der Waals surface area (Å²) in [4.78, 5) is 22.8. The molecular weight excluding hydrogens is 351 g/mol. The van der Waals surface area contributed by atoms with E-state index in [-0.39, 0.29) is 24.8 Å². The molecular formula is C18H36Cl2O4. The molecule has 0 spiro atoms. The van der Waals surface area contributed by atoms with Crippen LogP contribution in [0, 0.1) is 0 Å². The molecule has 4 nitrogen and oxygen atoms in total. The van der Waals surface area contributed by atoms with Crippen molar-refractivity contribution in [2.75, 3.05) is 13.2 Å². The van der Waals surface area contributed by atoms with Crippen LogP contribution >= 0.6 is 24.8 Å². The maximum absolute atomic E-state index is 11.4. The Hall–Kier alpha value is -0.480. The molecule has 0 unspecified atom stereocenters. The van der Waals surface area contributed by atoms with Crippen molar-refractivity contribution in [2.24, 2.45) is 0 Å². The van der Waals surface area contributed by atoms with E-state index in [0.29, 0.717) is 13.2 Å². The summed E-state index contributed by atoms with van der Waals surface area (Å²) in [6, 6.07) is 0. The highest BCUT2D eigenvalue weighted by Gasteiger charge is 2.16. The van der Waals surface area contributed by atoms with Crippen LogP contribution in [0.15, 0.2) is 0 Å². The van der Waals surface area contributed by atoms with Crippen molar-refractivity contribution in [1.29, 1.82) is 0 Å². The van der Waals surface area contributed by atoms with Crippen LogP contribution in [0.1, 0.15) is 90.9 Å². The number of unbranched alkanes of at least 4 members (excludes halogenated alkanes) is 10. The van der Waals surface area contributed by atoms with Gasteiger partial charge in [0.2, 0.25) is 0 Å². The highest BCUT2D eigenvalue weighted by Crippen LogP contribution is 2.06. The Morgan fingerprint density at radius 1 is 0.542 bits per heavy atom. The van der Waals surface area contributed by atoms with Crippen LogP contribution in [-0.4, -0.2) is 25.2 Å². The second-order valence-electron chi connectivity index (χ2n) is 5.81. The van der Waals surface area contributed by atoms with Crippen molar-refractivity contribution in [3.63, 3.8) is 0 Å². The van der Waals surface area contributed by atoms with E-state index in [2.05, 4.69) is 13.8 Å². The predicted molar refractivity (Wildman–Crippen MR) is 103 cm³/mol. The van der Waals surface area contributed by atoms with Crippen LogP contribution < -0.4 is 0 Å². The van der Waals surface area contributed by atoms with Crippen molar-refractivity contribution >= 4 is 36.8 Å². The summed E-state index contributed by atoms with van der Waals surface area (Å²) in [6.45, 7) is 4.99. The average Bonchev–Trinajstić information content (AvgIpc) is 2.52. The highest BCUT2D eigenvalue weighted by molar-refractivity contribution is 6.29. The van der Waals surface area contributed by atoms with Gasteiger partial charge < -0.3 is 9.47 Å². The summed E-state index contributed by atoms with van der Waals surface area (Å²) in [5.41, 5.74) is 0. The second kappa shape index (κ2) is 22.5. The van der Waals surface area contributed by atoms with E-state index in [1.807, 2.05) is 0 Å². The minimum absolute atomic E-state index is 0. The number of carbonyl (C=O) groups is 2. The van der Waals surface area contributed by atoms with E-state index in [1.165, 1.54) is 38.5 Å². The third kappa shape index (κ3) is 19.6. The standard InChI is InChI=1S/C18H34O4.2ClH/c1-3-5-7-9-11-13-15-21-17(19)18(20)22-16-14-12-10-8-6-4-2;;/h3-16H2,1-2H3;2*1H. The summed E-state index contributed by atoms with van der Waals surface area (Å²) < 4.78 is 9.81. The van der Waals surface area contributed by atoms with Gasteiger partial charge in [-0.25, -0.2) is 9.59 Å². The molecule has 146 valence electrons. The van der Waals surface area contributed by atoms with Crippen LogP contribution in [0.2, 0.25) is 0 Å². The Morgan fingerprint density at radius 2 is 0.833 bits per heavy atom. The first-order chi connectivity index (χ1) is 10.7. The quantitative estimate of drug-likeness (QED) is 0.220. The Kier molecular flexibility index (Phi) is 26.6. The lowest BCUT2D eigenvalue weighted by Gasteiger charge is -2.06. The number of carbonyl (C=O) groups excluding carboxylic acids is 2. The van der Waals surface area contributed by atoms with Crippen LogP contribution in [0.5, 0.6) is 0 Å². The Balaban J connectivity index is -0.00000220. The molecule has 6 heteroatoms. The fourth-order valence-electron chi connectivity index (χ4n) is 2.21. The van der Waals surface area contributed by atoms with Crippen LogP contribution in [0.25, 0.3) is 0 Å². The zero-order valence-electron chi connectivity index (χ0n) is 15.3. The molecule has 0 radical (unpaired) electrons. The molecule has 0 fully saturated rings. The van der Waals surface area contributed by atoms with Crippen molar-refractivity contribution in [1.82, 2.24) is 0 Å². The normalized spacial score (nSPS) is 9.58. The van der Waals surface area contributed by atoms with Gasteiger partial charge in [-0.15, -0.1) is 24.8 Å². The van der Waals surface area contributed by atoms with Crippen molar-refractivity contribution in [2.45, 2.75) is 90.9 Å². The minimum atomic E-state index is -0.848. The first-order valence-electron chi connectivity index (χ1n) is 9.06. The summed E-state index contributed by atoms with van der Waals surface area (Å²) in [5, 5.41) is 0. The number of ether oxygens (including phenoxy) is 2. The smallest absolute Gasteiger partial charge is 0.417 e. The molecule has 0 aromatic carbocycles. The third-order valence-corrected chi connectivity index (χ3v) is 3.63. The fourth-order valence-corrected chi connectivity index (χ4v) is 2.21. The van der Waals surface area contributed by atoms with E-state index in [9.17, 15) is 9.59 Å². The van der Waals surface area contributed by atoms with E-state index in [0.717, 1.165) is 38.5 Å². The summed E-state index contributed by atoms with van der Waals surface area (Å²) in [5.74, 6) is -1.70. The maximum atomic E-state index is 11.4. The molecule has 0 saturated carbocycles. The summed E-state index contributed by atoms with van der Waals surface area (Å²) in [6.07, 6.45) is 13.5. The fraction of sp³-hybridized carbons (Fsp3) is 0.889. The van der Waals surface area contributed by atoms with E-state index in [4.69, 9.17) is 9.47 Å². The van der Waals surface area contributed by atoms with Crippen LogP contribution in [0.3, 0.4) is 0 Å². The van der Waals surface area contributed by atoms with Gasteiger partial charge in [-0.2, -0.15) is 0 Å². The molecule has 0 N–H and O–H groups in total. The highest BCUT2D eigenvalue weighted by atomic mass is 35.5. The van der Waals surface area contributed by atoms with Crippen molar-refractivity contribution < 1.29 is 19.1 Å². The van der Waals surface area contributed by atoms with E-state index in [1.54, 1.807) is 0 Å². The van der Waals surface area contributed by atoms with Crippen molar-refractivity contribution in [3.05, 3.63) is 0 Å². The summed E-state index contributed by atoms with van der Waals surface area (Å²) >= 11 is 0. The molecule has 0 bridgehead atoms. The topological polar surface area (TPSA) is 52.6 Å². The van der Waals surface area contributed by atoms with Gasteiger partial charge in [-0.05, 0) is 12.8 Å². The number of hydrogen-bond donors (Lipinski definition) is 0. The van der Waals surface area contributed by atoms with Crippen LogP contribution in [0.4, 0.5) is 0 Å². The molecule has 0 saturated heterocycles. The predicted octanol–water partition coefficient (Wildman–Crippen LogP) is 5.64. The van der Waals surface area contributed by atoms with E-state index >= 15 is 0 Å². The maximum Gasteiger partial charge on any atom is 0.417 e. The molecule has 24 heavy (non-hydrogen) atoms. The molecule has 0 heterocycles. The van der Waals surface area contributed by atoms with Gasteiger partial charge in [0.25, 0.3) is 0 Å². The van der Waals surface area contributed by atoms with Gasteiger partial charge in [0, 0.05) is 0 Å². The first-order valence-corrected chi connectivity index (χ1v) is 9.06. The number of hydrogen-bond acceptors (Lipinski definition) is 4. The minimum Gasteiger partial charge on any atom is -0.457 e. The van der Waals surface area contributed by atoms with Gasteiger partial charge in [0.15, 0.2) is 0 Å². The molecule has 0 aromatic heterocycles. The van der Waals surface area contributed by atoms with Gasteiger partial charge in [0.1, 0.15) is 0 Å². The van der Waals surface area contributed by atoms with Gasteiger partial charge in [0.05, 0.1) is 13.2 Å². The van der Waals surface area contributed by atoms with Gasteiger partial charge >= 0.3 is 11.9 Å². The molecule has 0 aliphatic carbocycles. The molecule has 0 atom stereocenters. The van der Waals surface area contributed by atoms with Gasteiger partial charge in [-0.3, -0.25) is 0 Å². The summed E-state index contributed by atoms with van der Waals surface area (Å²) in [7, 11) is 0. The lowest BCUT2D eigenvalue weighted by molar-refractivity contribution is -0.167. The van der Waals surface area contributed by atoms with Crippen molar-refractivity contribution in [3.8, 4) is 0 Å². The second-order valence-corrected chi connectivity index (χ2v) is 5.81. The lowest BCUT2D eigenvalue weighted by atomic mass is 10.1. The lowest BCUT2D eigenvalue weighted by Crippen LogP contribution is -2.21. The Labute approximate surface area is 160 Å². The number of esters is 2.